The molecule has 6 heteroatoms. The molecule has 1 fully saturated rings. The van der Waals surface area contributed by atoms with Crippen LogP contribution in [0.25, 0.3) is 16.9 Å². The third-order valence-electron chi connectivity index (χ3n) is 4.98. The molecule has 136 valence electrons. The number of methoxy groups -OCH3 is 1. The largest absolute Gasteiger partial charge is 0.504 e. The molecule has 0 amide bonds. The Kier molecular flexibility index (Phi) is 4.76. The number of nitrogens with zero attached hydrogens (tertiary/aromatic N) is 2. The van der Waals surface area contributed by atoms with E-state index in [1.54, 1.807) is 19.2 Å². The van der Waals surface area contributed by atoms with Crippen molar-refractivity contribution in [2.24, 2.45) is 0 Å². The molecule has 0 radical (unpaired) electrons. The summed E-state index contributed by atoms with van der Waals surface area (Å²) in [7, 11) is 1.55. The summed E-state index contributed by atoms with van der Waals surface area (Å²) < 4.78 is 8.24. The molecular formula is C20H22BrN3O2. The van der Waals surface area contributed by atoms with E-state index in [-0.39, 0.29) is 5.75 Å². The van der Waals surface area contributed by atoms with Crippen molar-refractivity contribution in [3.63, 3.8) is 0 Å². The molecular weight excluding hydrogens is 394 g/mol. The van der Waals surface area contributed by atoms with E-state index >= 15 is 0 Å². The van der Waals surface area contributed by atoms with Gasteiger partial charge in [-0.1, -0.05) is 19.3 Å². The van der Waals surface area contributed by atoms with Crippen molar-refractivity contribution in [2.75, 3.05) is 12.4 Å². The fourth-order valence-electron chi connectivity index (χ4n) is 3.64. The van der Waals surface area contributed by atoms with Gasteiger partial charge in [-0.15, -0.1) is 0 Å². The zero-order valence-electron chi connectivity index (χ0n) is 14.7. The Morgan fingerprint density at radius 2 is 2.00 bits per heavy atom. The summed E-state index contributed by atoms with van der Waals surface area (Å²) in [4.78, 5) is 4.81. The second-order valence-electron chi connectivity index (χ2n) is 6.75. The maximum Gasteiger partial charge on any atom is 0.160 e. The monoisotopic (exact) mass is 415 g/mol. The Labute approximate surface area is 161 Å². The first-order valence-corrected chi connectivity index (χ1v) is 9.76. The molecule has 2 heterocycles. The molecule has 0 atom stereocenters. The number of pyridine rings is 1. The average Bonchev–Trinajstić information content (AvgIpc) is 3.00. The van der Waals surface area contributed by atoms with Gasteiger partial charge in [-0.25, -0.2) is 4.98 Å². The molecule has 1 saturated carbocycles. The van der Waals surface area contributed by atoms with E-state index in [1.807, 2.05) is 24.4 Å². The van der Waals surface area contributed by atoms with Crippen LogP contribution in [0.4, 0.5) is 5.82 Å². The molecule has 3 aromatic rings. The second kappa shape index (κ2) is 7.19. The summed E-state index contributed by atoms with van der Waals surface area (Å²) in [6.45, 7) is 0. The lowest BCUT2D eigenvalue weighted by atomic mass is 9.95. The van der Waals surface area contributed by atoms with Crippen LogP contribution in [0.2, 0.25) is 0 Å². The molecule has 26 heavy (non-hydrogen) atoms. The van der Waals surface area contributed by atoms with Crippen molar-refractivity contribution in [1.82, 2.24) is 9.38 Å². The summed E-state index contributed by atoms with van der Waals surface area (Å²) in [6.07, 6.45) is 8.22. The standard InChI is InChI=1S/C20H22BrN3O2/c1-26-17-9-7-13(11-16(17)25)19-20(22-15-5-3-2-4-6-15)24-12-14(21)8-10-18(24)23-19/h7-12,15,22,25H,2-6H2,1H3. The first-order chi connectivity index (χ1) is 12.7. The van der Waals surface area contributed by atoms with Gasteiger partial charge in [0.15, 0.2) is 11.5 Å². The lowest BCUT2D eigenvalue weighted by Crippen LogP contribution is -2.23. The topological polar surface area (TPSA) is 58.8 Å². The number of phenolic OH excluding ortho intramolecular Hbond substituents is 1. The Balaban J connectivity index is 1.82. The number of fused-ring (bicyclic) bond motifs is 1. The minimum atomic E-state index is 0.117. The number of nitrogens with one attached hydrogen (secondary N) is 1. The molecule has 4 rings (SSSR count). The summed E-state index contributed by atoms with van der Waals surface area (Å²) in [6, 6.07) is 9.84. The first-order valence-electron chi connectivity index (χ1n) is 8.97. The molecule has 2 N–H and O–H groups in total. The number of aromatic hydroxyl groups is 1. The van der Waals surface area contributed by atoms with Crippen LogP contribution in [-0.2, 0) is 0 Å². The zero-order valence-corrected chi connectivity index (χ0v) is 16.3. The van der Waals surface area contributed by atoms with Crippen LogP contribution in [-0.4, -0.2) is 27.6 Å². The Hall–Kier alpha value is -2.21. The molecule has 1 aliphatic rings. The second-order valence-corrected chi connectivity index (χ2v) is 7.67. The SMILES string of the molecule is COc1ccc(-c2nc3ccc(Br)cn3c2NC2CCCCC2)cc1O. The van der Waals surface area contributed by atoms with Crippen molar-refractivity contribution >= 4 is 27.4 Å². The highest BCUT2D eigenvalue weighted by atomic mass is 79.9. The number of halogens is 1. The molecule has 0 unspecified atom stereocenters. The average molecular weight is 416 g/mol. The van der Waals surface area contributed by atoms with Crippen molar-refractivity contribution < 1.29 is 9.84 Å². The van der Waals surface area contributed by atoms with E-state index in [2.05, 4.69) is 25.6 Å². The number of hydrogen-bond acceptors (Lipinski definition) is 4. The summed E-state index contributed by atoms with van der Waals surface area (Å²) in [5, 5.41) is 13.9. The smallest absolute Gasteiger partial charge is 0.160 e. The number of rotatable bonds is 4. The van der Waals surface area contributed by atoms with E-state index in [4.69, 9.17) is 9.72 Å². The minimum Gasteiger partial charge on any atom is -0.504 e. The third kappa shape index (κ3) is 3.26. The predicted octanol–water partition coefficient (Wildman–Crippen LogP) is 5.22. The third-order valence-corrected chi connectivity index (χ3v) is 5.45. The minimum absolute atomic E-state index is 0.117. The quantitative estimate of drug-likeness (QED) is 0.612. The normalized spacial score (nSPS) is 15.3. The fraction of sp³-hybridized carbons (Fsp3) is 0.350. The number of ether oxygens (including phenoxy) is 1. The van der Waals surface area contributed by atoms with E-state index in [0.29, 0.717) is 11.8 Å². The predicted molar refractivity (Wildman–Crippen MR) is 107 cm³/mol. The van der Waals surface area contributed by atoms with Gasteiger partial charge in [0.05, 0.1) is 7.11 Å². The highest BCUT2D eigenvalue weighted by Crippen LogP contribution is 2.36. The van der Waals surface area contributed by atoms with E-state index < -0.39 is 0 Å². The van der Waals surface area contributed by atoms with E-state index in [9.17, 15) is 5.11 Å². The van der Waals surface area contributed by atoms with Gasteiger partial charge in [-0.3, -0.25) is 4.40 Å². The van der Waals surface area contributed by atoms with Gasteiger partial charge in [0, 0.05) is 22.3 Å². The fourth-order valence-corrected chi connectivity index (χ4v) is 3.97. The van der Waals surface area contributed by atoms with E-state index in [0.717, 1.165) is 27.2 Å². The van der Waals surface area contributed by atoms with Crippen molar-refractivity contribution in [3.05, 3.63) is 41.0 Å². The summed E-state index contributed by atoms with van der Waals surface area (Å²) in [5.41, 5.74) is 2.57. The summed E-state index contributed by atoms with van der Waals surface area (Å²) in [5.74, 6) is 1.55. The van der Waals surface area contributed by atoms with Crippen molar-refractivity contribution in [2.45, 2.75) is 38.1 Å². The van der Waals surface area contributed by atoms with Gasteiger partial charge in [-0.2, -0.15) is 0 Å². The number of aromatic nitrogens is 2. The Morgan fingerprint density at radius 3 is 2.73 bits per heavy atom. The highest BCUT2D eigenvalue weighted by molar-refractivity contribution is 9.10. The molecule has 1 aromatic carbocycles. The van der Waals surface area contributed by atoms with Crippen LogP contribution in [0.3, 0.4) is 0 Å². The zero-order chi connectivity index (χ0) is 18.1. The van der Waals surface area contributed by atoms with Gasteiger partial charge in [0.1, 0.15) is 17.2 Å². The summed E-state index contributed by atoms with van der Waals surface area (Å²) >= 11 is 3.55. The number of phenols is 1. The van der Waals surface area contributed by atoms with Crippen LogP contribution < -0.4 is 10.1 Å². The van der Waals surface area contributed by atoms with Crippen molar-refractivity contribution in [1.29, 1.82) is 0 Å². The number of anilines is 1. The maximum absolute atomic E-state index is 10.2. The van der Waals surface area contributed by atoms with Crippen LogP contribution in [0, 0.1) is 0 Å². The van der Waals surface area contributed by atoms with Crippen LogP contribution in [0.15, 0.2) is 41.0 Å². The highest BCUT2D eigenvalue weighted by Gasteiger charge is 2.20. The molecule has 2 aromatic heterocycles. The van der Waals surface area contributed by atoms with Crippen LogP contribution >= 0.6 is 15.9 Å². The lowest BCUT2D eigenvalue weighted by Gasteiger charge is -2.24. The molecule has 0 spiro atoms. The Bertz CT molecular complexity index is 932. The van der Waals surface area contributed by atoms with Gasteiger partial charge < -0.3 is 15.2 Å². The van der Waals surface area contributed by atoms with Gasteiger partial charge in [0.25, 0.3) is 0 Å². The molecule has 0 aliphatic heterocycles. The Morgan fingerprint density at radius 1 is 1.19 bits per heavy atom. The van der Waals surface area contributed by atoms with Gasteiger partial charge in [-0.05, 0) is 59.1 Å². The number of benzene rings is 1. The van der Waals surface area contributed by atoms with E-state index in [1.165, 1.54) is 32.1 Å². The van der Waals surface area contributed by atoms with Crippen LogP contribution in [0.1, 0.15) is 32.1 Å². The molecule has 1 aliphatic carbocycles. The first kappa shape index (κ1) is 17.2. The van der Waals surface area contributed by atoms with Gasteiger partial charge >= 0.3 is 0 Å². The van der Waals surface area contributed by atoms with Crippen LogP contribution in [0.5, 0.6) is 11.5 Å². The number of hydrogen-bond donors (Lipinski definition) is 2. The number of imidazole rings is 1. The molecule has 5 nitrogen and oxygen atoms in total. The molecule has 0 saturated heterocycles. The maximum atomic E-state index is 10.2. The van der Waals surface area contributed by atoms with Crippen molar-refractivity contribution in [3.8, 4) is 22.8 Å². The lowest BCUT2D eigenvalue weighted by molar-refractivity contribution is 0.373. The van der Waals surface area contributed by atoms with Gasteiger partial charge in [0.2, 0.25) is 0 Å². The molecule has 0 bridgehead atoms.